The minimum atomic E-state index is -0.524. The summed E-state index contributed by atoms with van der Waals surface area (Å²) >= 11 is 0. The Labute approximate surface area is 125 Å². The van der Waals surface area contributed by atoms with Crippen LogP contribution in [-0.4, -0.2) is 27.5 Å². The molecule has 110 valence electrons. The van der Waals surface area contributed by atoms with E-state index in [1.807, 2.05) is 6.07 Å². The second-order valence-electron chi connectivity index (χ2n) is 4.50. The van der Waals surface area contributed by atoms with Gasteiger partial charge in [0.1, 0.15) is 11.5 Å². The van der Waals surface area contributed by atoms with Gasteiger partial charge in [-0.3, -0.25) is 0 Å². The van der Waals surface area contributed by atoms with Crippen molar-refractivity contribution in [1.82, 2.24) is 15.0 Å². The number of benzene rings is 1. The van der Waals surface area contributed by atoms with Crippen molar-refractivity contribution in [1.29, 1.82) is 0 Å². The van der Waals surface area contributed by atoms with E-state index in [4.69, 9.17) is 4.74 Å². The molecule has 6 heteroatoms. The molecule has 0 radical (unpaired) electrons. The van der Waals surface area contributed by atoms with Crippen LogP contribution in [0.3, 0.4) is 0 Å². The number of fused-ring (bicyclic) bond motifs is 1. The molecule has 0 aliphatic carbocycles. The summed E-state index contributed by atoms with van der Waals surface area (Å²) in [4.78, 5) is 24.7. The summed E-state index contributed by atoms with van der Waals surface area (Å²) in [6.45, 7) is 1.98. The topological polar surface area (TPSA) is 65.0 Å². The van der Waals surface area contributed by atoms with Crippen LogP contribution in [0.15, 0.2) is 42.6 Å². The van der Waals surface area contributed by atoms with E-state index in [0.29, 0.717) is 16.6 Å². The van der Waals surface area contributed by atoms with Crippen LogP contribution >= 0.6 is 0 Å². The number of carbonyl (C=O) groups is 1. The fraction of sp³-hybridized carbons (Fsp3) is 0.125. The number of carbonyl (C=O) groups excluding carboxylic acids is 1. The van der Waals surface area contributed by atoms with Crippen LogP contribution in [0.5, 0.6) is 0 Å². The maximum atomic E-state index is 13.0. The molecule has 0 aliphatic heterocycles. The molecule has 0 N–H and O–H groups in total. The lowest BCUT2D eigenvalue weighted by atomic mass is 10.1. The number of para-hydroxylation sites is 1. The van der Waals surface area contributed by atoms with Crippen LogP contribution in [0, 0.1) is 5.82 Å². The quantitative estimate of drug-likeness (QED) is 0.695. The molecule has 2 aromatic heterocycles. The van der Waals surface area contributed by atoms with Gasteiger partial charge in [0.25, 0.3) is 0 Å². The second kappa shape index (κ2) is 5.85. The van der Waals surface area contributed by atoms with Crippen LogP contribution in [0.2, 0.25) is 0 Å². The molecule has 0 atom stereocenters. The highest BCUT2D eigenvalue weighted by atomic mass is 19.1. The Morgan fingerprint density at radius 1 is 1.18 bits per heavy atom. The maximum absolute atomic E-state index is 13.0. The zero-order chi connectivity index (χ0) is 15.5. The monoisotopic (exact) mass is 297 g/mol. The van der Waals surface area contributed by atoms with Gasteiger partial charge < -0.3 is 4.74 Å². The lowest BCUT2D eigenvalue weighted by molar-refractivity contribution is 0.0522. The molecule has 3 aromatic rings. The molecule has 22 heavy (non-hydrogen) atoms. The number of hydrogen-bond acceptors (Lipinski definition) is 5. The Morgan fingerprint density at radius 2 is 2.00 bits per heavy atom. The summed E-state index contributed by atoms with van der Waals surface area (Å²) in [5.41, 5.74) is 1.16. The summed E-state index contributed by atoms with van der Waals surface area (Å²) in [6, 6.07) is 9.87. The van der Waals surface area contributed by atoms with E-state index in [9.17, 15) is 9.18 Å². The molecule has 0 spiro atoms. The van der Waals surface area contributed by atoms with Crippen molar-refractivity contribution in [3.8, 4) is 11.5 Å². The summed E-state index contributed by atoms with van der Waals surface area (Å²) in [6.07, 6.45) is 1.08. The van der Waals surface area contributed by atoms with Gasteiger partial charge in [-0.15, -0.1) is 0 Å². The zero-order valence-corrected chi connectivity index (χ0v) is 11.8. The Bertz CT molecular complexity index is 834. The smallest absolute Gasteiger partial charge is 0.357 e. The number of pyridine rings is 1. The molecular formula is C16H12FN3O2. The first-order valence-corrected chi connectivity index (χ1v) is 6.75. The third-order valence-corrected chi connectivity index (χ3v) is 3.03. The zero-order valence-electron chi connectivity index (χ0n) is 11.8. The van der Waals surface area contributed by atoms with Crippen molar-refractivity contribution in [2.75, 3.05) is 6.61 Å². The first-order valence-electron chi connectivity index (χ1n) is 6.75. The fourth-order valence-electron chi connectivity index (χ4n) is 2.05. The lowest BCUT2D eigenvalue weighted by Crippen LogP contribution is -2.10. The highest BCUT2D eigenvalue weighted by Gasteiger charge is 2.17. The number of halogens is 1. The van der Waals surface area contributed by atoms with Gasteiger partial charge in [-0.05, 0) is 25.1 Å². The number of aromatic nitrogens is 3. The number of esters is 1. The Kier molecular flexibility index (Phi) is 3.74. The number of hydrogen-bond donors (Lipinski definition) is 0. The highest BCUT2D eigenvalue weighted by Crippen LogP contribution is 2.21. The Hall–Kier alpha value is -2.89. The average Bonchev–Trinajstić information content (AvgIpc) is 2.54. The third kappa shape index (κ3) is 2.63. The molecule has 5 nitrogen and oxygen atoms in total. The average molecular weight is 297 g/mol. The molecule has 0 unspecified atom stereocenters. The maximum Gasteiger partial charge on any atom is 0.357 e. The van der Waals surface area contributed by atoms with Crippen molar-refractivity contribution >= 4 is 16.9 Å². The minimum Gasteiger partial charge on any atom is -0.461 e. The normalized spacial score (nSPS) is 10.6. The molecule has 0 bridgehead atoms. The van der Waals surface area contributed by atoms with Gasteiger partial charge in [0, 0.05) is 5.39 Å². The van der Waals surface area contributed by atoms with E-state index < -0.39 is 11.8 Å². The van der Waals surface area contributed by atoms with Gasteiger partial charge in [0.15, 0.2) is 11.5 Å². The first kappa shape index (κ1) is 14.1. The van der Waals surface area contributed by atoms with Gasteiger partial charge >= 0.3 is 5.97 Å². The van der Waals surface area contributed by atoms with E-state index in [-0.39, 0.29) is 18.1 Å². The molecule has 0 fully saturated rings. The molecule has 0 saturated heterocycles. The van der Waals surface area contributed by atoms with Crippen LogP contribution in [-0.2, 0) is 4.74 Å². The summed E-state index contributed by atoms with van der Waals surface area (Å²) in [5.74, 6) is -0.721. The van der Waals surface area contributed by atoms with E-state index >= 15 is 0 Å². The van der Waals surface area contributed by atoms with Crippen LogP contribution in [0.4, 0.5) is 4.39 Å². The fourth-order valence-corrected chi connectivity index (χ4v) is 2.05. The van der Waals surface area contributed by atoms with Crippen molar-refractivity contribution < 1.29 is 13.9 Å². The van der Waals surface area contributed by atoms with Gasteiger partial charge in [-0.25, -0.2) is 24.1 Å². The molecule has 0 amide bonds. The highest BCUT2D eigenvalue weighted by molar-refractivity contribution is 6.02. The number of ether oxygens (including phenoxy) is 1. The Morgan fingerprint density at radius 3 is 2.73 bits per heavy atom. The number of nitrogens with zero attached hydrogens (tertiary/aromatic N) is 3. The first-order chi connectivity index (χ1) is 10.7. The molecular weight excluding hydrogens is 285 g/mol. The molecule has 1 aromatic carbocycles. The SMILES string of the molecule is CCOC(=O)c1nc(-c2ccc(F)cn2)nc2ccccc12. The van der Waals surface area contributed by atoms with E-state index in [0.717, 1.165) is 6.20 Å². The van der Waals surface area contributed by atoms with Crippen LogP contribution in [0.25, 0.3) is 22.4 Å². The van der Waals surface area contributed by atoms with E-state index in [1.165, 1.54) is 12.1 Å². The van der Waals surface area contributed by atoms with Gasteiger partial charge in [-0.2, -0.15) is 0 Å². The molecule has 0 aliphatic rings. The largest absolute Gasteiger partial charge is 0.461 e. The standard InChI is InChI=1S/C16H12FN3O2/c1-2-22-16(21)14-11-5-3-4-6-12(11)19-15(20-14)13-8-7-10(17)9-18-13/h3-9H,2H2,1H3. The van der Waals surface area contributed by atoms with Crippen molar-refractivity contribution in [2.45, 2.75) is 6.92 Å². The predicted octanol–water partition coefficient (Wildman–Crippen LogP) is 3.01. The molecule has 3 rings (SSSR count). The third-order valence-electron chi connectivity index (χ3n) is 3.03. The van der Waals surface area contributed by atoms with Gasteiger partial charge in [0.2, 0.25) is 0 Å². The molecule has 0 saturated carbocycles. The summed E-state index contributed by atoms with van der Waals surface area (Å²) < 4.78 is 18.0. The predicted molar refractivity (Wildman–Crippen MR) is 78.7 cm³/mol. The van der Waals surface area contributed by atoms with Crippen molar-refractivity contribution in [2.24, 2.45) is 0 Å². The van der Waals surface area contributed by atoms with Gasteiger partial charge in [0.05, 0.1) is 18.3 Å². The van der Waals surface area contributed by atoms with Crippen molar-refractivity contribution in [3.63, 3.8) is 0 Å². The van der Waals surface area contributed by atoms with E-state index in [1.54, 1.807) is 25.1 Å². The molecule has 2 heterocycles. The second-order valence-corrected chi connectivity index (χ2v) is 4.50. The van der Waals surface area contributed by atoms with Crippen LogP contribution in [0.1, 0.15) is 17.4 Å². The van der Waals surface area contributed by atoms with Crippen LogP contribution < -0.4 is 0 Å². The Balaban J connectivity index is 2.20. The summed E-state index contributed by atoms with van der Waals surface area (Å²) in [7, 11) is 0. The summed E-state index contributed by atoms with van der Waals surface area (Å²) in [5, 5.41) is 0.604. The van der Waals surface area contributed by atoms with Gasteiger partial charge in [-0.1, -0.05) is 18.2 Å². The van der Waals surface area contributed by atoms with E-state index in [2.05, 4.69) is 15.0 Å². The number of rotatable bonds is 3. The lowest BCUT2D eigenvalue weighted by Gasteiger charge is -2.07. The van der Waals surface area contributed by atoms with Crippen molar-refractivity contribution in [3.05, 3.63) is 54.1 Å². The minimum absolute atomic E-state index is 0.175.